The molecule has 0 aliphatic carbocycles. The minimum Gasteiger partial charge on any atom is -0.451 e. The van der Waals surface area contributed by atoms with Crippen LogP contribution in [0.25, 0.3) is 11.3 Å². The first-order valence-corrected chi connectivity index (χ1v) is 12.3. The molecule has 1 saturated heterocycles. The van der Waals surface area contributed by atoms with E-state index in [0.717, 1.165) is 19.3 Å². The fourth-order valence-electron chi connectivity index (χ4n) is 3.70. The summed E-state index contributed by atoms with van der Waals surface area (Å²) in [5.74, 6) is -1.17. The average molecular weight is 499 g/mol. The Labute approximate surface area is 201 Å². The van der Waals surface area contributed by atoms with Crippen molar-refractivity contribution in [1.82, 2.24) is 4.31 Å². The van der Waals surface area contributed by atoms with Gasteiger partial charge < -0.3 is 9.15 Å². The van der Waals surface area contributed by atoms with Crippen LogP contribution in [0.2, 0.25) is 0 Å². The number of piperidine rings is 1. The van der Waals surface area contributed by atoms with E-state index < -0.39 is 33.3 Å². The summed E-state index contributed by atoms with van der Waals surface area (Å²) in [5.41, 5.74) is 0.669. The largest absolute Gasteiger partial charge is 0.451 e. The molecule has 1 aliphatic rings. The Morgan fingerprint density at radius 3 is 2.23 bits per heavy atom. The molecule has 11 heteroatoms. The number of carbonyl (C=O) groups excluding carboxylic acids is 2. The lowest BCUT2D eigenvalue weighted by Crippen LogP contribution is -2.35. The van der Waals surface area contributed by atoms with E-state index in [1.165, 1.54) is 65.0 Å². The minimum atomic E-state index is -3.60. The number of esters is 1. The third kappa shape index (κ3) is 5.47. The highest BCUT2D eigenvalue weighted by atomic mass is 32.2. The lowest BCUT2D eigenvalue weighted by Gasteiger charge is -2.25. The summed E-state index contributed by atoms with van der Waals surface area (Å²) in [4.78, 5) is 35.1. The summed E-state index contributed by atoms with van der Waals surface area (Å²) < 4.78 is 37.4. The highest BCUT2D eigenvalue weighted by molar-refractivity contribution is 7.89. The van der Waals surface area contributed by atoms with Gasteiger partial charge in [-0.1, -0.05) is 6.42 Å². The monoisotopic (exact) mass is 498 g/mol. The first-order chi connectivity index (χ1) is 16.8. The predicted octanol–water partition coefficient (Wildman–Crippen LogP) is 4.07. The average Bonchev–Trinajstić information content (AvgIpc) is 3.38. The van der Waals surface area contributed by atoms with Gasteiger partial charge in [-0.15, -0.1) is 0 Å². The molecule has 2 heterocycles. The second kappa shape index (κ2) is 10.2. The highest BCUT2D eigenvalue weighted by Gasteiger charge is 2.26. The van der Waals surface area contributed by atoms with Crippen LogP contribution in [-0.2, 0) is 14.8 Å². The van der Waals surface area contributed by atoms with Crippen molar-refractivity contribution in [2.45, 2.75) is 24.2 Å². The molecule has 4 rings (SSSR count). The maximum Gasteiger partial charge on any atom is 0.374 e. The van der Waals surface area contributed by atoms with Crippen LogP contribution < -0.4 is 0 Å². The number of hydrogen-bond donors (Lipinski definition) is 0. The van der Waals surface area contributed by atoms with E-state index in [1.54, 1.807) is 0 Å². The van der Waals surface area contributed by atoms with Gasteiger partial charge in [-0.2, -0.15) is 4.31 Å². The van der Waals surface area contributed by atoms with Gasteiger partial charge in [0.1, 0.15) is 5.76 Å². The summed E-state index contributed by atoms with van der Waals surface area (Å²) in [5, 5.41) is 10.8. The third-order valence-corrected chi connectivity index (χ3v) is 7.55. The number of non-ortho nitro benzene ring substituents is 1. The maximum absolute atomic E-state index is 12.7. The van der Waals surface area contributed by atoms with E-state index in [1.807, 2.05) is 0 Å². The molecule has 10 nitrogen and oxygen atoms in total. The second-order valence-corrected chi connectivity index (χ2v) is 9.89. The fraction of sp³-hybridized carbons (Fsp3) is 0.250. The van der Waals surface area contributed by atoms with Gasteiger partial charge in [-0.05, 0) is 61.4 Å². The molecule has 1 aromatic heterocycles. The summed E-state index contributed by atoms with van der Waals surface area (Å²) in [7, 11) is -3.60. The van der Waals surface area contributed by atoms with Crippen LogP contribution in [0.4, 0.5) is 5.69 Å². The van der Waals surface area contributed by atoms with Crippen molar-refractivity contribution in [2.75, 3.05) is 19.7 Å². The van der Waals surface area contributed by atoms with Crippen LogP contribution >= 0.6 is 0 Å². The molecule has 0 spiro atoms. The predicted molar refractivity (Wildman–Crippen MR) is 124 cm³/mol. The van der Waals surface area contributed by atoms with Gasteiger partial charge in [-0.3, -0.25) is 14.9 Å². The van der Waals surface area contributed by atoms with Gasteiger partial charge in [0.25, 0.3) is 5.69 Å². The summed E-state index contributed by atoms with van der Waals surface area (Å²) >= 11 is 0. The fourth-order valence-corrected chi connectivity index (χ4v) is 5.22. The zero-order valence-electron chi connectivity index (χ0n) is 18.6. The zero-order valence-corrected chi connectivity index (χ0v) is 19.4. The third-order valence-electron chi connectivity index (χ3n) is 5.63. The number of nitro groups is 1. The molecule has 0 radical (unpaired) electrons. The Bertz CT molecular complexity index is 1340. The van der Waals surface area contributed by atoms with Crippen molar-refractivity contribution in [1.29, 1.82) is 0 Å². The standard InChI is InChI=1S/C24H22N2O8S/c27-21(17-6-10-20(11-7-17)35(31,32)25-14-2-1-3-15-25)16-33-24(28)23-13-12-22(34-23)18-4-8-19(9-5-18)26(29)30/h4-13H,1-3,14-16H2. The number of furan rings is 1. The number of rotatable bonds is 8. The van der Waals surface area contributed by atoms with E-state index in [4.69, 9.17) is 9.15 Å². The van der Waals surface area contributed by atoms with Crippen LogP contribution in [0.15, 0.2) is 70.0 Å². The Morgan fingerprint density at radius 2 is 1.60 bits per heavy atom. The lowest BCUT2D eigenvalue weighted by atomic mass is 10.1. The molecule has 0 N–H and O–H groups in total. The maximum atomic E-state index is 12.7. The molecule has 0 bridgehead atoms. The van der Waals surface area contributed by atoms with Gasteiger partial charge in [0.05, 0.1) is 9.82 Å². The summed E-state index contributed by atoms with van der Waals surface area (Å²) in [6, 6.07) is 14.1. The molecule has 1 aliphatic heterocycles. The van der Waals surface area contributed by atoms with Crippen molar-refractivity contribution in [3.05, 3.63) is 82.1 Å². The first kappa shape index (κ1) is 24.3. The molecule has 2 aromatic carbocycles. The number of Topliss-reactive ketones (excluding diaryl/α,β-unsaturated/α-hetero) is 1. The number of ether oxygens (including phenoxy) is 1. The van der Waals surface area contributed by atoms with Gasteiger partial charge in [0, 0.05) is 36.3 Å². The molecule has 3 aromatic rings. The Hall–Kier alpha value is -3.83. The molecule has 1 fully saturated rings. The lowest BCUT2D eigenvalue weighted by molar-refractivity contribution is -0.384. The second-order valence-electron chi connectivity index (χ2n) is 7.96. The number of benzene rings is 2. The van der Waals surface area contributed by atoms with Crippen molar-refractivity contribution in [2.24, 2.45) is 0 Å². The molecule has 0 atom stereocenters. The van der Waals surface area contributed by atoms with Crippen LogP contribution in [0.5, 0.6) is 0 Å². The number of nitrogens with zero attached hydrogens (tertiary/aromatic N) is 2. The minimum absolute atomic E-state index is 0.0735. The Balaban J connectivity index is 1.35. The van der Waals surface area contributed by atoms with Crippen molar-refractivity contribution in [3.63, 3.8) is 0 Å². The highest BCUT2D eigenvalue weighted by Crippen LogP contribution is 2.25. The van der Waals surface area contributed by atoms with Crippen LogP contribution in [0.3, 0.4) is 0 Å². The number of ketones is 1. The normalized spacial score (nSPS) is 14.4. The molecule has 182 valence electrons. The topological polar surface area (TPSA) is 137 Å². The van der Waals surface area contributed by atoms with Gasteiger partial charge in [0.2, 0.25) is 15.8 Å². The van der Waals surface area contributed by atoms with E-state index in [9.17, 15) is 28.1 Å². The number of carbonyl (C=O) groups is 2. The number of nitro benzene ring substituents is 1. The molecule has 35 heavy (non-hydrogen) atoms. The van der Waals surface area contributed by atoms with Gasteiger partial charge in [-0.25, -0.2) is 13.2 Å². The first-order valence-electron chi connectivity index (χ1n) is 10.9. The Morgan fingerprint density at radius 1 is 0.943 bits per heavy atom. The van der Waals surface area contributed by atoms with E-state index >= 15 is 0 Å². The van der Waals surface area contributed by atoms with Crippen LogP contribution in [0, 0.1) is 10.1 Å². The molecular formula is C24H22N2O8S. The molecule has 0 unspecified atom stereocenters. The zero-order chi connectivity index (χ0) is 25.0. The van der Waals surface area contributed by atoms with Crippen molar-refractivity contribution >= 4 is 27.5 Å². The van der Waals surface area contributed by atoms with Crippen molar-refractivity contribution < 1.29 is 32.1 Å². The Kier molecular flexibility index (Phi) is 7.08. The smallest absolute Gasteiger partial charge is 0.374 e. The number of sulfonamides is 1. The number of hydrogen-bond acceptors (Lipinski definition) is 8. The van der Waals surface area contributed by atoms with Crippen LogP contribution in [0.1, 0.15) is 40.2 Å². The van der Waals surface area contributed by atoms with Crippen LogP contribution in [-0.4, -0.2) is 49.1 Å². The van der Waals surface area contributed by atoms with Crippen molar-refractivity contribution in [3.8, 4) is 11.3 Å². The SMILES string of the molecule is O=C(COC(=O)c1ccc(-c2ccc([N+](=O)[O-])cc2)o1)c1ccc(S(=O)(=O)N2CCCCC2)cc1. The quantitative estimate of drug-likeness (QED) is 0.196. The van der Waals surface area contributed by atoms with E-state index in [2.05, 4.69) is 0 Å². The summed E-state index contributed by atoms with van der Waals surface area (Å²) in [6.07, 6.45) is 2.66. The summed E-state index contributed by atoms with van der Waals surface area (Å²) in [6.45, 7) is 0.417. The van der Waals surface area contributed by atoms with Gasteiger partial charge >= 0.3 is 5.97 Å². The van der Waals surface area contributed by atoms with E-state index in [0.29, 0.717) is 24.4 Å². The molecule has 0 saturated carbocycles. The molecular weight excluding hydrogens is 476 g/mol. The van der Waals surface area contributed by atoms with Gasteiger partial charge in [0.15, 0.2) is 12.4 Å². The van der Waals surface area contributed by atoms with E-state index in [-0.39, 0.29) is 21.9 Å². The molecule has 0 amide bonds.